The first-order chi connectivity index (χ1) is 10.3. The van der Waals surface area contributed by atoms with Gasteiger partial charge in [-0.3, -0.25) is 14.4 Å². The smallest absolute Gasteiger partial charge is 0.300 e. The van der Waals surface area contributed by atoms with Gasteiger partial charge in [-0.15, -0.1) is 0 Å². The van der Waals surface area contributed by atoms with E-state index in [1.807, 2.05) is 27.7 Å². The summed E-state index contributed by atoms with van der Waals surface area (Å²) < 4.78 is 10.7. The van der Waals surface area contributed by atoms with Gasteiger partial charge in [-0.25, -0.2) is 0 Å². The zero-order chi connectivity index (χ0) is 18.3. The molecule has 2 heterocycles. The molecule has 4 N–H and O–H groups in total. The molecule has 0 saturated carbocycles. The predicted molar refractivity (Wildman–Crippen MR) is 95.0 cm³/mol. The molecule has 0 bridgehead atoms. The van der Waals surface area contributed by atoms with Gasteiger partial charge >= 0.3 is 0 Å². The SMILES string of the molecule is CC(=O)O.CC1(C)CC(=O)C(Br)CO1.CC1(C)CC(=O)CCO1.N. The first-order valence-electron chi connectivity index (χ1n) is 7.50. The lowest BCUT2D eigenvalue weighted by atomic mass is 9.97. The summed E-state index contributed by atoms with van der Waals surface area (Å²) in [5.41, 5.74) is -0.448. The van der Waals surface area contributed by atoms with Gasteiger partial charge in [0.15, 0.2) is 5.78 Å². The van der Waals surface area contributed by atoms with Gasteiger partial charge < -0.3 is 20.7 Å². The topological polar surface area (TPSA) is 125 Å². The maximum atomic E-state index is 11.1. The molecule has 2 aliphatic rings. The van der Waals surface area contributed by atoms with Crippen LogP contribution in [0.2, 0.25) is 0 Å². The van der Waals surface area contributed by atoms with Crippen molar-refractivity contribution in [2.75, 3.05) is 13.2 Å². The van der Waals surface area contributed by atoms with Gasteiger partial charge in [0.1, 0.15) is 5.78 Å². The number of ketones is 2. The summed E-state index contributed by atoms with van der Waals surface area (Å²) in [6, 6.07) is 0. The predicted octanol–water partition coefficient (Wildman–Crippen LogP) is 2.92. The van der Waals surface area contributed by atoms with Crippen molar-refractivity contribution in [1.82, 2.24) is 6.15 Å². The molecule has 0 spiro atoms. The third-order valence-corrected chi connectivity index (χ3v) is 3.84. The number of aliphatic carboxylic acids is 1. The summed E-state index contributed by atoms with van der Waals surface area (Å²) in [5, 5.41) is 7.42. The Kier molecular flexibility index (Phi) is 11.6. The first-order valence-corrected chi connectivity index (χ1v) is 8.42. The van der Waals surface area contributed by atoms with Crippen LogP contribution in [-0.2, 0) is 23.9 Å². The Balaban J connectivity index is 0. The Morgan fingerprint density at radius 2 is 1.58 bits per heavy atom. The molecule has 8 heteroatoms. The van der Waals surface area contributed by atoms with Gasteiger partial charge in [0.2, 0.25) is 0 Å². The van der Waals surface area contributed by atoms with E-state index in [-0.39, 0.29) is 28.0 Å². The molecule has 7 nitrogen and oxygen atoms in total. The number of alkyl halides is 1. The lowest BCUT2D eigenvalue weighted by Crippen LogP contribution is -2.40. The van der Waals surface area contributed by atoms with Gasteiger partial charge in [0, 0.05) is 26.2 Å². The van der Waals surface area contributed by atoms with Crippen LogP contribution in [0.25, 0.3) is 0 Å². The van der Waals surface area contributed by atoms with Crippen LogP contribution in [0.4, 0.5) is 0 Å². The van der Waals surface area contributed by atoms with E-state index in [9.17, 15) is 9.59 Å². The second-order valence-corrected chi connectivity index (χ2v) is 7.88. The normalized spacial score (nSPS) is 24.3. The summed E-state index contributed by atoms with van der Waals surface area (Å²) in [4.78, 5) is 30.8. The fourth-order valence-electron chi connectivity index (χ4n) is 2.03. The standard InChI is InChI=1S/C7H11BrO2.C7H12O2.C2H4O2.H3N/c1-7(2)3-6(9)5(8)4-10-7;1-7(2)5-6(8)3-4-9-7;1-2(3)4;/h5H,3-4H2,1-2H3;3-5H2,1-2H3;1H3,(H,3,4);1H3. The molecule has 24 heavy (non-hydrogen) atoms. The van der Waals surface area contributed by atoms with Crippen molar-refractivity contribution in [3.63, 3.8) is 0 Å². The Bertz CT molecular complexity index is 432. The zero-order valence-electron chi connectivity index (χ0n) is 15.2. The first kappa shape index (κ1) is 25.4. The molecule has 2 saturated heterocycles. The number of ether oxygens (including phenoxy) is 2. The lowest BCUT2D eigenvalue weighted by molar-refractivity contribution is -0.136. The van der Waals surface area contributed by atoms with E-state index < -0.39 is 5.97 Å². The number of Topliss-reactive ketones (excluding diaryl/α,β-unsaturated/α-hetero) is 2. The Labute approximate surface area is 152 Å². The quantitative estimate of drug-likeness (QED) is 0.586. The van der Waals surface area contributed by atoms with Crippen molar-refractivity contribution < 1.29 is 29.0 Å². The minimum absolute atomic E-state index is 0. The van der Waals surface area contributed by atoms with E-state index in [4.69, 9.17) is 19.4 Å². The highest BCUT2D eigenvalue weighted by atomic mass is 79.9. The van der Waals surface area contributed by atoms with Crippen molar-refractivity contribution >= 4 is 33.5 Å². The van der Waals surface area contributed by atoms with Gasteiger partial charge in [-0.2, -0.15) is 0 Å². The van der Waals surface area contributed by atoms with E-state index in [0.717, 1.165) is 6.92 Å². The van der Waals surface area contributed by atoms with Gasteiger partial charge in [0.25, 0.3) is 5.97 Å². The van der Waals surface area contributed by atoms with E-state index in [0.29, 0.717) is 38.3 Å². The summed E-state index contributed by atoms with van der Waals surface area (Å²) in [6.45, 7) is 9.96. The van der Waals surface area contributed by atoms with Crippen LogP contribution in [0.5, 0.6) is 0 Å². The molecule has 0 aromatic rings. The Hall–Kier alpha value is -0.830. The average molecular weight is 412 g/mol. The maximum absolute atomic E-state index is 11.1. The van der Waals surface area contributed by atoms with Gasteiger partial charge in [-0.05, 0) is 27.7 Å². The molecule has 2 fully saturated rings. The molecule has 1 atom stereocenters. The van der Waals surface area contributed by atoms with Crippen LogP contribution in [0, 0.1) is 0 Å². The van der Waals surface area contributed by atoms with Gasteiger partial charge in [0.05, 0.1) is 29.2 Å². The monoisotopic (exact) mass is 411 g/mol. The van der Waals surface area contributed by atoms with Crippen LogP contribution >= 0.6 is 15.9 Å². The van der Waals surface area contributed by atoms with Crippen molar-refractivity contribution in [2.24, 2.45) is 0 Å². The second-order valence-electron chi connectivity index (χ2n) is 6.77. The largest absolute Gasteiger partial charge is 0.481 e. The minimum atomic E-state index is -0.833. The fraction of sp³-hybridized carbons (Fsp3) is 0.812. The summed E-state index contributed by atoms with van der Waals surface area (Å²) in [6.07, 6.45) is 1.69. The lowest BCUT2D eigenvalue weighted by Gasteiger charge is -2.31. The summed E-state index contributed by atoms with van der Waals surface area (Å²) in [7, 11) is 0. The number of carbonyl (C=O) groups excluding carboxylic acids is 2. The molecule has 2 rings (SSSR count). The van der Waals surface area contributed by atoms with Crippen LogP contribution in [0.3, 0.4) is 0 Å². The molecule has 0 aromatic carbocycles. The summed E-state index contributed by atoms with van der Waals surface area (Å²) in [5.74, 6) is -0.262. The van der Waals surface area contributed by atoms with Crippen LogP contribution in [-0.4, -0.2) is 51.9 Å². The van der Waals surface area contributed by atoms with E-state index in [1.165, 1.54) is 0 Å². The molecule has 0 amide bonds. The van der Waals surface area contributed by atoms with Crippen molar-refractivity contribution in [2.45, 2.75) is 69.9 Å². The Morgan fingerprint density at radius 1 is 1.12 bits per heavy atom. The average Bonchev–Trinajstić information content (AvgIpc) is 2.32. The molecular formula is C16H30BrNO6. The molecule has 1 unspecified atom stereocenters. The highest BCUT2D eigenvalue weighted by Gasteiger charge is 2.32. The molecule has 0 aromatic heterocycles. The van der Waals surface area contributed by atoms with Crippen LogP contribution < -0.4 is 6.15 Å². The molecule has 2 aliphatic heterocycles. The van der Waals surface area contributed by atoms with E-state index in [2.05, 4.69) is 15.9 Å². The second kappa shape index (κ2) is 10.9. The van der Waals surface area contributed by atoms with Crippen molar-refractivity contribution in [1.29, 1.82) is 0 Å². The molecule has 142 valence electrons. The third kappa shape index (κ3) is 12.6. The zero-order valence-corrected chi connectivity index (χ0v) is 16.8. The van der Waals surface area contributed by atoms with Gasteiger partial charge in [-0.1, -0.05) is 15.9 Å². The number of carboxylic acids is 1. The molecule has 0 radical (unpaired) electrons. The van der Waals surface area contributed by atoms with Crippen molar-refractivity contribution in [3.8, 4) is 0 Å². The number of carbonyl (C=O) groups is 3. The number of carboxylic acid groups (broad SMARTS) is 1. The fourth-order valence-corrected chi connectivity index (χ4v) is 2.32. The number of rotatable bonds is 0. The van der Waals surface area contributed by atoms with Crippen LogP contribution in [0.15, 0.2) is 0 Å². The third-order valence-electron chi connectivity index (χ3n) is 3.07. The van der Waals surface area contributed by atoms with E-state index in [1.54, 1.807) is 0 Å². The molecule has 0 aliphatic carbocycles. The number of halogens is 1. The highest BCUT2D eigenvalue weighted by molar-refractivity contribution is 9.10. The Morgan fingerprint density at radius 3 is 1.88 bits per heavy atom. The maximum Gasteiger partial charge on any atom is 0.300 e. The van der Waals surface area contributed by atoms with E-state index >= 15 is 0 Å². The minimum Gasteiger partial charge on any atom is -0.481 e. The van der Waals surface area contributed by atoms with Crippen LogP contribution in [0.1, 0.15) is 53.9 Å². The number of hydrogen-bond acceptors (Lipinski definition) is 6. The summed E-state index contributed by atoms with van der Waals surface area (Å²) >= 11 is 3.23. The van der Waals surface area contributed by atoms with Crippen molar-refractivity contribution in [3.05, 3.63) is 0 Å². The highest BCUT2D eigenvalue weighted by Crippen LogP contribution is 2.24. The molecular weight excluding hydrogens is 382 g/mol. The number of hydrogen-bond donors (Lipinski definition) is 2.